The predicted molar refractivity (Wildman–Crippen MR) is 122 cm³/mol. The predicted octanol–water partition coefficient (Wildman–Crippen LogP) is 6.15. The number of rotatable bonds is 22. The molecule has 0 aliphatic heterocycles. The van der Waals surface area contributed by atoms with Gasteiger partial charge in [-0.05, 0) is 19.5 Å². The van der Waals surface area contributed by atoms with E-state index < -0.39 is 0 Å². The number of likely N-dealkylation sites (N-methyl/N-ethyl adjacent to an activating group) is 1. The van der Waals surface area contributed by atoms with Gasteiger partial charge in [-0.2, -0.15) is 0 Å². The molecule has 164 valence electrons. The number of aliphatic hydroxyl groups excluding tert-OH is 1. The molecule has 0 fully saturated rings. The van der Waals surface area contributed by atoms with Gasteiger partial charge in [0.2, 0.25) is 0 Å². The van der Waals surface area contributed by atoms with Crippen LogP contribution >= 0.6 is 0 Å². The number of nitrogens with zero attached hydrogens (tertiary/aromatic N) is 1. The molecule has 2 N–H and O–H groups in total. The summed E-state index contributed by atoms with van der Waals surface area (Å²) < 4.78 is 0. The Balaban J connectivity index is 3.19. The Bertz CT molecular complexity index is 269. The van der Waals surface area contributed by atoms with Gasteiger partial charge in [0.1, 0.15) is 0 Å². The second-order valence-electron chi connectivity index (χ2n) is 8.27. The number of hydrogen-bond acceptors (Lipinski definition) is 3. The highest BCUT2D eigenvalue weighted by molar-refractivity contribution is 4.62. The van der Waals surface area contributed by atoms with Crippen molar-refractivity contribution >= 4 is 0 Å². The molecule has 27 heavy (non-hydrogen) atoms. The van der Waals surface area contributed by atoms with Gasteiger partial charge in [0.25, 0.3) is 0 Å². The molecule has 0 saturated carbocycles. The lowest BCUT2D eigenvalue weighted by Gasteiger charge is -2.19. The van der Waals surface area contributed by atoms with Gasteiger partial charge < -0.3 is 15.3 Å². The van der Waals surface area contributed by atoms with E-state index in [4.69, 9.17) is 0 Å². The van der Waals surface area contributed by atoms with Crippen LogP contribution < -0.4 is 5.32 Å². The Kier molecular flexibility index (Phi) is 22.1. The normalized spacial score (nSPS) is 12.8. The first-order chi connectivity index (χ1) is 13.2. The molecule has 0 aromatic carbocycles. The van der Waals surface area contributed by atoms with Crippen molar-refractivity contribution in [2.24, 2.45) is 0 Å². The summed E-state index contributed by atoms with van der Waals surface area (Å²) >= 11 is 0. The van der Waals surface area contributed by atoms with Crippen LogP contribution in [-0.2, 0) is 0 Å². The van der Waals surface area contributed by atoms with E-state index in [2.05, 4.69) is 31.0 Å². The molecule has 0 amide bonds. The van der Waals surface area contributed by atoms with Crippen molar-refractivity contribution in [1.29, 1.82) is 0 Å². The molecule has 0 radical (unpaired) electrons. The molecule has 3 nitrogen and oxygen atoms in total. The van der Waals surface area contributed by atoms with Crippen molar-refractivity contribution in [2.45, 2.75) is 123 Å². The Morgan fingerprint density at radius 2 is 1.11 bits per heavy atom. The van der Waals surface area contributed by atoms with E-state index in [1.54, 1.807) is 0 Å². The van der Waals surface area contributed by atoms with Gasteiger partial charge in [0, 0.05) is 19.6 Å². The van der Waals surface area contributed by atoms with Gasteiger partial charge in [-0.25, -0.2) is 0 Å². The van der Waals surface area contributed by atoms with Crippen molar-refractivity contribution in [3.8, 4) is 0 Å². The van der Waals surface area contributed by atoms with Crippen LogP contribution in [0, 0.1) is 0 Å². The van der Waals surface area contributed by atoms with Crippen LogP contribution in [0.3, 0.4) is 0 Å². The number of nitrogens with one attached hydrogen (secondary N) is 1. The average molecular weight is 385 g/mol. The molecule has 0 heterocycles. The Morgan fingerprint density at radius 3 is 1.56 bits per heavy atom. The molecular formula is C24H52N2O. The summed E-state index contributed by atoms with van der Waals surface area (Å²) in [5.74, 6) is 0. The van der Waals surface area contributed by atoms with Gasteiger partial charge in [0.15, 0.2) is 0 Å². The molecule has 0 saturated heterocycles. The quantitative estimate of drug-likeness (QED) is 0.220. The van der Waals surface area contributed by atoms with E-state index >= 15 is 0 Å². The fourth-order valence-electron chi connectivity index (χ4n) is 3.72. The van der Waals surface area contributed by atoms with Gasteiger partial charge in [-0.3, -0.25) is 0 Å². The van der Waals surface area contributed by atoms with E-state index in [1.807, 2.05) is 0 Å². The van der Waals surface area contributed by atoms with Crippen LogP contribution in [0.15, 0.2) is 0 Å². The van der Waals surface area contributed by atoms with Crippen LogP contribution in [0.4, 0.5) is 0 Å². The molecule has 0 aromatic rings. The molecule has 0 aromatic heterocycles. The van der Waals surface area contributed by atoms with Crippen molar-refractivity contribution in [1.82, 2.24) is 10.2 Å². The average Bonchev–Trinajstić information content (AvgIpc) is 2.68. The Hall–Kier alpha value is -0.120. The second-order valence-corrected chi connectivity index (χ2v) is 8.27. The van der Waals surface area contributed by atoms with E-state index in [0.717, 1.165) is 39.1 Å². The zero-order valence-corrected chi connectivity index (χ0v) is 19.1. The third-order valence-corrected chi connectivity index (χ3v) is 5.77. The van der Waals surface area contributed by atoms with E-state index in [1.165, 1.54) is 89.9 Å². The molecule has 0 rings (SSSR count). The van der Waals surface area contributed by atoms with Gasteiger partial charge in [0.05, 0.1) is 6.10 Å². The summed E-state index contributed by atoms with van der Waals surface area (Å²) in [5.41, 5.74) is 0. The molecule has 0 aliphatic rings. The van der Waals surface area contributed by atoms with Crippen LogP contribution in [-0.4, -0.2) is 48.8 Å². The van der Waals surface area contributed by atoms with Crippen LogP contribution in [0.25, 0.3) is 0 Å². The topological polar surface area (TPSA) is 35.5 Å². The molecule has 0 bridgehead atoms. The van der Waals surface area contributed by atoms with E-state index in [0.29, 0.717) is 0 Å². The minimum absolute atomic E-state index is 0.168. The lowest BCUT2D eigenvalue weighted by molar-refractivity contribution is 0.156. The van der Waals surface area contributed by atoms with Crippen molar-refractivity contribution in [3.63, 3.8) is 0 Å². The zero-order chi connectivity index (χ0) is 20.0. The van der Waals surface area contributed by atoms with E-state index in [-0.39, 0.29) is 6.10 Å². The molecule has 0 spiro atoms. The largest absolute Gasteiger partial charge is 0.392 e. The Labute approximate surface area is 171 Å². The highest BCUT2D eigenvalue weighted by Crippen LogP contribution is 2.13. The minimum atomic E-state index is -0.168. The molecular weight excluding hydrogens is 332 g/mol. The monoisotopic (exact) mass is 384 g/mol. The molecule has 1 atom stereocenters. The first-order valence-corrected chi connectivity index (χ1v) is 12.4. The van der Waals surface area contributed by atoms with Crippen LogP contribution in [0.5, 0.6) is 0 Å². The minimum Gasteiger partial charge on any atom is -0.392 e. The summed E-state index contributed by atoms with van der Waals surface area (Å²) in [6.07, 6.45) is 20.3. The second kappa shape index (κ2) is 22.2. The van der Waals surface area contributed by atoms with E-state index in [9.17, 15) is 5.11 Å². The number of unbranched alkanes of at least 4 members (excludes halogenated alkanes) is 13. The summed E-state index contributed by atoms with van der Waals surface area (Å²) in [6, 6.07) is 0. The maximum absolute atomic E-state index is 10.0. The summed E-state index contributed by atoms with van der Waals surface area (Å²) in [6.45, 7) is 11.7. The fraction of sp³-hybridized carbons (Fsp3) is 1.00. The molecule has 1 unspecified atom stereocenters. The first-order valence-electron chi connectivity index (χ1n) is 12.4. The lowest BCUT2D eigenvalue weighted by atomic mass is 10.0. The van der Waals surface area contributed by atoms with Gasteiger partial charge in [-0.15, -0.1) is 0 Å². The highest BCUT2D eigenvalue weighted by atomic mass is 16.3. The summed E-state index contributed by atoms with van der Waals surface area (Å²) in [5, 5.41) is 13.4. The van der Waals surface area contributed by atoms with Gasteiger partial charge in [-0.1, -0.05) is 111 Å². The third-order valence-electron chi connectivity index (χ3n) is 5.77. The SMILES string of the molecule is CCCCCCCCCCCCCCCCC(O)CNCCN(CC)CC. The maximum atomic E-state index is 10.0. The maximum Gasteiger partial charge on any atom is 0.0664 e. The summed E-state index contributed by atoms with van der Waals surface area (Å²) in [7, 11) is 0. The standard InChI is InChI=1S/C24H52N2O/c1-4-7-8-9-10-11-12-13-14-15-16-17-18-19-20-24(27)23-25-21-22-26(5-2)6-3/h24-25,27H,4-23H2,1-3H3. The molecule has 3 heteroatoms. The number of hydrogen-bond donors (Lipinski definition) is 2. The van der Waals surface area contributed by atoms with Gasteiger partial charge >= 0.3 is 0 Å². The fourth-order valence-corrected chi connectivity index (χ4v) is 3.72. The summed E-state index contributed by atoms with van der Waals surface area (Å²) in [4.78, 5) is 2.41. The molecule has 0 aliphatic carbocycles. The van der Waals surface area contributed by atoms with Crippen molar-refractivity contribution in [3.05, 3.63) is 0 Å². The van der Waals surface area contributed by atoms with Crippen LogP contribution in [0.2, 0.25) is 0 Å². The van der Waals surface area contributed by atoms with Crippen molar-refractivity contribution in [2.75, 3.05) is 32.7 Å². The lowest BCUT2D eigenvalue weighted by Crippen LogP contribution is -2.35. The third kappa shape index (κ3) is 20.4. The number of aliphatic hydroxyl groups is 1. The first kappa shape index (κ1) is 26.9. The Morgan fingerprint density at radius 1 is 0.667 bits per heavy atom. The highest BCUT2D eigenvalue weighted by Gasteiger charge is 2.04. The smallest absolute Gasteiger partial charge is 0.0664 e. The zero-order valence-electron chi connectivity index (χ0n) is 19.1. The van der Waals surface area contributed by atoms with Crippen molar-refractivity contribution < 1.29 is 5.11 Å². The van der Waals surface area contributed by atoms with Crippen LogP contribution in [0.1, 0.15) is 117 Å².